The number of fused-ring (bicyclic) bond motifs is 1. The third-order valence-corrected chi connectivity index (χ3v) is 4.17. The van der Waals surface area contributed by atoms with Gasteiger partial charge in [0.15, 0.2) is 5.84 Å². The van der Waals surface area contributed by atoms with E-state index < -0.39 is 5.41 Å². The van der Waals surface area contributed by atoms with Crippen molar-refractivity contribution in [2.45, 2.75) is 31.7 Å². The molecule has 0 aromatic heterocycles. The molecule has 3 rings (SSSR count). The van der Waals surface area contributed by atoms with Gasteiger partial charge in [0.25, 0.3) is 0 Å². The first-order valence-corrected chi connectivity index (χ1v) is 6.51. The number of nitrogens with zero attached hydrogens (tertiary/aromatic N) is 1. The highest BCUT2D eigenvalue weighted by atomic mass is 16.4. The number of amides is 1. The van der Waals surface area contributed by atoms with E-state index in [2.05, 4.69) is 22.6 Å². The molecule has 2 aliphatic carbocycles. The summed E-state index contributed by atoms with van der Waals surface area (Å²) >= 11 is 0. The molecule has 0 aliphatic heterocycles. The number of carbonyl (C=O) groups is 1. The van der Waals surface area contributed by atoms with Crippen LogP contribution in [0.25, 0.3) is 0 Å². The topological polar surface area (TPSA) is 87.7 Å². The minimum atomic E-state index is -0.760. The van der Waals surface area contributed by atoms with Gasteiger partial charge >= 0.3 is 0 Å². The highest BCUT2D eigenvalue weighted by molar-refractivity contribution is 6.09. The quantitative estimate of drug-likeness (QED) is 0.325. The lowest BCUT2D eigenvalue weighted by atomic mass is 10.0. The number of benzene rings is 1. The van der Waals surface area contributed by atoms with Gasteiger partial charge in [-0.05, 0) is 36.8 Å². The largest absolute Gasteiger partial charge is 0.409 e. The van der Waals surface area contributed by atoms with Gasteiger partial charge in [-0.25, -0.2) is 0 Å². The molecule has 5 heteroatoms. The molecule has 5 nitrogen and oxygen atoms in total. The number of carbonyl (C=O) groups excluding carboxylic acids is 1. The van der Waals surface area contributed by atoms with Crippen molar-refractivity contribution in [1.29, 1.82) is 0 Å². The van der Waals surface area contributed by atoms with E-state index in [0.717, 1.165) is 12.8 Å². The first kappa shape index (κ1) is 12.0. The smallest absolute Gasteiger partial charge is 0.234 e. The summed E-state index contributed by atoms with van der Waals surface area (Å²) in [4.78, 5) is 12.3. The summed E-state index contributed by atoms with van der Waals surface area (Å²) < 4.78 is 0. The lowest BCUT2D eigenvalue weighted by Crippen LogP contribution is -2.45. The summed E-state index contributed by atoms with van der Waals surface area (Å²) in [5.41, 5.74) is 7.44. The number of hydrogen-bond donors (Lipinski definition) is 3. The lowest BCUT2D eigenvalue weighted by Gasteiger charge is -2.17. The fourth-order valence-electron chi connectivity index (χ4n) is 2.80. The molecule has 0 heterocycles. The van der Waals surface area contributed by atoms with Crippen LogP contribution in [0, 0.1) is 5.41 Å². The first-order valence-electron chi connectivity index (χ1n) is 6.51. The van der Waals surface area contributed by atoms with Crippen LogP contribution in [0.15, 0.2) is 29.4 Å². The Bertz CT molecular complexity index is 524. The minimum Gasteiger partial charge on any atom is -0.409 e. The predicted octanol–water partition coefficient (Wildman–Crippen LogP) is 0.797. The fourth-order valence-corrected chi connectivity index (χ4v) is 2.80. The molecule has 1 saturated carbocycles. The Kier molecular flexibility index (Phi) is 2.69. The highest BCUT2D eigenvalue weighted by Gasteiger charge is 2.54. The van der Waals surface area contributed by atoms with Gasteiger partial charge in [0, 0.05) is 6.04 Å². The summed E-state index contributed by atoms with van der Waals surface area (Å²) in [6.45, 7) is 0. The number of nitrogens with two attached hydrogens (primary N) is 1. The van der Waals surface area contributed by atoms with Crippen molar-refractivity contribution in [3.8, 4) is 0 Å². The third-order valence-electron chi connectivity index (χ3n) is 4.17. The molecule has 1 fully saturated rings. The van der Waals surface area contributed by atoms with Crippen molar-refractivity contribution in [3.05, 3.63) is 35.4 Å². The van der Waals surface area contributed by atoms with E-state index in [-0.39, 0.29) is 17.8 Å². The molecule has 0 atom stereocenters. The Morgan fingerprint density at radius 2 is 1.89 bits per heavy atom. The van der Waals surface area contributed by atoms with Gasteiger partial charge in [-0.3, -0.25) is 4.79 Å². The van der Waals surface area contributed by atoms with Crippen molar-refractivity contribution in [3.63, 3.8) is 0 Å². The molecule has 1 amide bonds. The van der Waals surface area contributed by atoms with Crippen molar-refractivity contribution in [1.82, 2.24) is 5.32 Å². The molecule has 4 N–H and O–H groups in total. The lowest BCUT2D eigenvalue weighted by molar-refractivity contribution is -0.124. The molecule has 0 unspecified atom stereocenters. The van der Waals surface area contributed by atoms with E-state index in [1.54, 1.807) is 0 Å². The fraction of sp³-hybridized carbons (Fsp3) is 0.429. The van der Waals surface area contributed by atoms with Crippen molar-refractivity contribution in [2.75, 3.05) is 0 Å². The Balaban J connectivity index is 1.67. The molecule has 0 bridgehead atoms. The molecule has 0 radical (unpaired) electrons. The molecule has 0 spiro atoms. The van der Waals surface area contributed by atoms with Crippen LogP contribution in [-0.4, -0.2) is 23.0 Å². The van der Waals surface area contributed by atoms with Crippen LogP contribution in [0.5, 0.6) is 0 Å². The molecule has 19 heavy (non-hydrogen) atoms. The summed E-state index contributed by atoms with van der Waals surface area (Å²) in [6.07, 6.45) is 3.03. The molecular formula is C14H17N3O2. The van der Waals surface area contributed by atoms with Gasteiger partial charge < -0.3 is 16.3 Å². The number of rotatable bonds is 3. The van der Waals surface area contributed by atoms with E-state index in [4.69, 9.17) is 10.9 Å². The second kappa shape index (κ2) is 4.26. The molecular weight excluding hydrogens is 242 g/mol. The summed E-state index contributed by atoms with van der Waals surface area (Å²) in [7, 11) is 0. The maximum atomic E-state index is 12.3. The molecule has 2 aliphatic rings. The molecule has 1 aromatic carbocycles. The minimum absolute atomic E-state index is 0.0283. The first-order chi connectivity index (χ1) is 9.15. The van der Waals surface area contributed by atoms with Gasteiger partial charge in [0.1, 0.15) is 5.41 Å². The highest BCUT2D eigenvalue weighted by Crippen LogP contribution is 2.46. The Morgan fingerprint density at radius 3 is 2.37 bits per heavy atom. The zero-order valence-electron chi connectivity index (χ0n) is 10.6. The summed E-state index contributed by atoms with van der Waals surface area (Å²) in [5.74, 6) is -0.0823. The van der Waals surface area contributed by atoms with Gasteiger partial charge in [-0.15, -0.1) is 0 Å². The molecule has 0 saturated heterocycles. The van der Waals surface area contributed by atoms with Crippen molar-refractivity contribution >= 4 is 11.7 Å². The van der Waals surface area contributed by atoms with Gasteiger partial charge in [-0.1, -0.05) is 29.4 Å². The van der Waals surface area contributed by atoms with E-state index in [9.17, 15) is 4.79 Å². The van der Waals surface area contributed by atoms with Crippen LogP contribution < -0.4 is 11.1 Å². The Morgan fingerprint density at radius 1 is 1.32 bits per heavy atom. The van der Waals surface area contributed by atoms with Crippen LogP contribution in [0.1, 0.15) is 24.0 Å². The monoisotopic (exact) mass is 259 g/mol. The van der Waals surface area contributed by atoms with Crippen LogP contribution in [0.3, 0.4) is 0 Å². The zero-order valence-corrected chi connectivity index (χ0v) is 10.6. The number of amidine groups is 1. The molecule has 100 valence electrons. The third kappa shape index (κ3) is 1.95. The summed E-state index contributed by atoms with van der Waals surface area (Å²) in [6, 6.07) is 8.34. The maximum Gasteiger partial charge on any atom is 0.234 e. The van der Waals surface area contributed by atoms with Crippen LogP contribution in [-0.2, 0) is 17.6 Å². The SMILES string of the molecule is N/C(=N/O)C1(C(=O)NC2Cc3ccccc3C2)CC1. The van der Waals surface area contributed by atoms with Crippen LogP contribution >= 0.6 is 0 Å². The average Bonchev–Trinajstić information content (AvgIpc) is 3.13. The normalized spacial score (nSPS) is 20.9. The Labute approximate surface area is 111 Å². The maximum absolute atomic E-state index is 12.3. The van der Waals surface area contributed by atoms with Crippen molar-refractivity contribution < 1.29 is 10.0 Å². The van der Waals surface area contributed by atoms with Gasteiger partial charge in [0.05, 0.1) is 0 Å². The van der Waals surface area contributed by atoms with Gasteiger partial charge in [0.2, 0.25) is 5.91 Å². The molecule has 1 aromatic rings. The number of oxime groups is 1. The predicted molar refractivity (Wildman–Crippen MR) is 70.9 cm³/mol. The second-order valence-electron chi connectivity index (χ2n) is 5.41. The van der Waals surface area contributed by atoms with Crippen molar-refractivity contribution in [2.24, 2.45) is 16.3 Å². The van der Waals surface area contributed by atoms with E-state index in [0.29, 0.717) is 12.8 Å². The standard InChI is InChI=1S/C14H17N3O2/c15-12(17-19)14(5-6-14)13(18)16-11-7-9-3-1-2-4-10(9)8-11/h1-4,11,19H,5-8H2,(H2,15,17)(H,16,18). The van der Waals surface area contributed by atoms with E-state index in [1.165, 1.54) is 11.1 Å². The Hall–Kier alpha value is -2.04. The van der Waals surface area contributed by atoms with E-state index >= 15 is 0 Å². The van der Waals surface area contributed by atoms with Crippen LogP contribution in [0.4, 0.5) is 0 Å². The zero-order chi connectivity index (χ0) is 13.5. The average molecular weight is 259 g/mol. The van der Waals surface area contributed by atoms with Crippen LogP contribution in [0.2, 0.25) is 0 Å². The summed E-state index contributed by atoms with van der Waals surface area (Å²) in [5, 5.41) is 14.8. The second-order valence-corrected chi connectivity index (χ2v) is 5.41. The number of nitrogens with one attached hydrogen (secondary N) is 1. The number of hydrogen-bond acceptors (Lipinski definition) is 3. The van der Waals surface area contributed by atoms with Gasteiger partial charge in [-0.2, -0.15) is 0 Å². The van der Waals surface area contributed by atoms with E-state index in [1.807, 2.05) is 12.1 Å².